The summed E-state index contributed by atoms with van der Waals surface area (Å²) >= 11 is 1.86. The molecule has 10 aromatic rings. The predicted octanol–water partition coefficient (Wildman–Crippen LogP) is 14.6. The number of nitrogens with zero attached hydrogens (tertiary/aromatic N) is 4. The van der Waals surface area contributed by atoms with Crippen molar-refractivity contribution in [2.75, 3.05) is 0 Å². The fourth-order valence-electron chi connectivity index (χ4n) is 11.2. The third-order valence-corrected chi connectivity index (χ3v) is 15.5. The van der Waals surface area contributed by atoms with Gasteiger partial charge in [-0.25, -0.2) is 9.98 Å². The number of para-hydroxylation sites is 2. The largest absolute Gasteiger partial charge is 0.344 e. The smallest absolute Gasteiger partial charge is 0.159 e. The van der Waals surface area contributed by atoms with Crippen LogP contribution in [0, 0.1) is 11.8 Å². The van der Waals surface area contributed by atoms with E-state index in [1.807, 2.05) is 11.3 Å². The highest BCUT2D eigenvalue weighted by Crippen LogP contribution is 2.47. The Morgan fingerprint density at radius 2 is 1.32 bits per heavy atom. The van der Waals surface area contributed by atoms with Crippen molar-refractivity contribution in [2.45, 2.75) is 25.4 Å². The number of rotatable bonds is 5. The van der Waals surface area contributed by atoms with Crippen LogP contribution in [0.5, 0.6) is 0 Å². The number of benzene rings is 7. The lowest BCUT2D eigenvalue weighted by atomic mass is 9.80. The number of hydrogen-bond acceptors (Lipinski definition) is 4. The Balaban J connectivity index is 0.913. The molecular weight excluding hydrogens is 823 g/mol. The van der Waals surface area contributed by atoms with Gasteiger partial charge >= 0.3 is 0 Å². The number of hydrogen-bond donors (Lipinski definition) is 1. The van der Waals surface area contributed by atoms with E-state index in [9.17, 15) is 0 Å². The molecule has 0 fully saturated rings. The molecule has 7 aromatic carbocycles. The van der Waals surface area contributed by atoms with Gasteiger partial charge in [0.15, 0.2) is 5.84 Å². The molecule has 4 aliphatic rings. The van der Waals surface area contributed by atoms with E-state index in [-0.39, 0.29) is 12.1 Å². The maximum Gasteiger partial charge on any atom is 0.159 e. The molecule has 4 atom stereocenters. The molecule has 0 saturated heterocycles. The number of fused-ring (bicyclic) bond motifs is 12. The summed E-state index contributed by atoms with van der Waals surface area (Å²) in [5, 5.41) is 11.3. The second-order valence-corrected chi connectivity index (χ2v) is 19.2. The average Bonchev–Trinajstić information content (AvgIpc) is 4.04. The van der Waals surface area contributed by atoms with Crippen LogP contribution < -0.4 is 5.32 Å². The lowest BCUT2D eigenvalue weighted by Gasteiger charge is -2.28. The Bertz CT molecular complexity index is 3860. The second kappa shape index (κ2) is 14.6. The van der Waals surface area contributed by atoms with Crippen molar-refractivity contribution in [2.24, 2.45) is 21.8 Å². The van der Waals surface area contributed by atoms with Gasteiger partial charge in [0, 0.05) is 77.4 Å². The lowest BCUT2D eigenvalue weighted by molar-refractivity contribution is 0.662. The normalized spacial score (nSPS) is 19.6. The summed E-state index contributed by atoms with van der Waals surface area (Å²) in [4.78, 5) is 10.8. The molecule has 0 saturated carbocycles. The van der Waals surface area contributed by atoms with Gasteiger partial charge in [0.05, 0.1) is 21.4 Å². The third kappa shape index (κ3) is 5.71. The third-order valence-electron chi connectivity index (χ3n) is 14.3. The van der Waals surface area contributed by atoms with Gasteiger partial charge in [-0.15, -0.1) is 11.3 Å². The minimum Gasteiger partial charge on any atom is -0.344 e. The summed E-state index contributed by atoms with van der Waals surface area (Å²) in [6.07, 6.45) is 19.1. The monoisotopic (exact) mass is 865 g/mol. The first-order chi connectivity index (χ1) is 32.6. The van der Waals surface area contributed by atoms with Gasteiger partial charge in [-0.3, -0.25) is 0 Å². The van der Waals surface area contributed by atoms with E-state index in [2.05, 4.69) is 222 Å². The molecular formula is C60H43N5S. The molecule has 3 aliphatic carbocycles. The van der Waals surface area contributed by atoms with Crippen molar-refractivity contribution < 1.29 is 0 Å². The van der Waals surface area contributed by atoms with Crippen molar-refractivity contribution in [3.8, 4) is 11.4 Å². The Labute approximate surface area is 386 Å². The molecule has 14 rings (SSSR count). The quantitative estimate of drug-likeness (QED) is 0.184. The van der Waals surface area contributed by atoms with Gasteiger partial charge in [0.1, 0.15) is 12.0 Å². The summed E-state index contributed by atoms with van der Waals surface area (Å²) in [7, 11) is 0. The molecule has 4 unspecified atom stereocenters. The zero-order valence-electron chi connectivity index (χ0n) is 36.3. The molecule has 5 nitrogen and oxygen atoms in total. The summed E-state index contributed by atoms with van der Waals surface area (Å²) in [6, 6.07) is 55.3. The molecule has 3 aromatic heterocycles. The van der Waals surface area contributed by atoms with E-state index < -0.39 is 0 Å². The molecule has 0 radical (unpaired) electrons. The van der Waals surface area contributed by atoms with E-state index in [0.29, 0.717) is 11.8 Å². The first kappa shape index (κ1) is 37.6. The number of thiophene rings is 1. The number of aromatic nitrogens is 2. The molecule has 6 heteroatoms. The maximum atomic E-state index is 5.41. The van der Waals surface area contributed by atoms with Crippen molar-refractivity contribution in [1.29, 1.82) is 0 Å². The van der Waals surface area contributed by atoms with E-state index >= 15 is 0 Å². The van der Waals surface area contributed by atoms with Crippen LogP contribution >= 0.6 is 11.3 Å². The summed E-state index contributed by atoms with van der Waals surface area (Å²) < 4.78 is 7.48. The van der Waals surface area contributed by atoms with Gasteiger partial charge in [-0.2, -0.15) is 0 Å². The van der Waals surface area contributed by atoms with Crippen molar-refractivity contribution in [3.05, 3.63) is 227 Å². The van der Waals surface area contributed by atoms with Crippen LogP contribution in [0.3, 0.4) is 0 Å². The summed E-state index contributed by atoms with van der Waals surface area (Å²) in [5.74, 6) is 2.62. The average molecular weight is 866 g/mol. The Hall–Kier alpha value is -7.80. The number of aliphatic imine (C=N–C) groups is 2. The van der Waals surface area contributed by atoms with Gasteiger partial charge in [-0.05, 0) is 71.1 Å². The van der Waals surface area contributed by atoms with Crippen LogP contribution in [0.1, 0.15) is 58.2 Å². The highest BCUT2D eigenvalue weighted by atomic mass is 32.1. The van der Waals surface area contributed by atoms with E-state index in [1.165, 1.54) is 81.0 Å². The van der Waals surface area contributed by atoms with Gasteiger partial charge in [0.25, 0.3) is 0 Å². The van der Waals surface area contributed by atoms with Crippen LogP contribution in [0.15, 0.2) is 198 Å². The molecule has 0 bridgehead atoms. The van der Waals surface area contributed by atoms with Crippen molar-refractivity contribution >= 4 is 87.9 Å². The molecule has 1 N–H and O–H groups in total. The minimum atomic E-state index is -0.358. The zero-order valence-corrected chi connectivity index (χ0v) is 37.1. The van der Waals surface area contributed by atoms with Gasteiger partial charge in [-0.1, -0.05) is 165 Å². The first-order valence-electron chi connectivity index (χ1n) is 23.1. The highest BCUT2D eigenvalue weighted by Gasteiger charge is 2.32. The predicted molar refractivity (Wildman–Crippen MR) is 278 cm³/mol. The van der Waals surface area contributed by atoms with Crippen LogP contribution in [-0.4, -0.2) is 20.8 Å². The van der Waals surface area contributed by atoms with Gasteiger partial charge in [0.2, 0.25) is 0 Å². The second-order valence-electron chi connectivity index (χ2n) is 18.2. The molecule has 0 spiro atoms. The van der Waals surface area contributed by atoms with Crippen LogP contribution in [0.25, 0.3) is 76.3 Å². The molecule has 66 heavy (non-hydrogen) atoms. The molecule has 4 heterocycles. The molecule has 314 valence electrons. The standard InChI is InChI=1S/C60H43N5S/c1-36-24-32-46-44-16-6-8-21-51(44)64(54(46)34-36)42-30-27-39(28-31-42)58-61-59(41-26-25-37-12-2-3-14-40(37)35-41)63-60(62-58)50-20-10-18-48-49-19-11-23-53(57(49)66-56(48)50)65-52-22-9-7-17-45(52)47-33-29-38-13-4-5-15-43(38)55(47)65/h2-33,35-36,38,43,58H,34H2,1H3,(H,61,62,63). The number of nitrogens with one attached hydrogen (secondary N) is 1. The van der Waals surface area contributed by atoms with Crippen molar-refractivity contribution in [3.63, 3.8) is 0 Å². The van der Waals surface area contributed by atoms with E-state index in [4.69, 9.17) is 9.98 Å². The zero-order chi connectivity index (χ0) is 43.5. The van der Waals surface area contributed by atoms with Crippen LogP contribution in [-0.2, 0) is 6.42 Å². The fraction of sp³-hybridized carbons (Fsp3) is 0.100. The Kier molecular flexibility index (Phi) is 8.32. The lowest BCUT2D eigenvalue weighted by Crippen LogP contribution is -2.33. The van der Waals surface area contributed by atoms with Gasteiger partial charge < -0.3 is 14.5 Å². The minimum absolute atomic E-state index is 0.260. The van der Waals surface area contributed by atoms with Crippen molar-refractivity contribution in [1.82, 2.24) is 14.5 Å². The maximum absolute atomic E-state index is 5.41. The van der Waals surface area contributed by atoms with Crippen LogP contribution in [0.4, 0.5) is 0 Å². The first-order valence-corrected chi connectivity index (χ1v) is 23.9. The fourth-order valence-corrected chi connectivity index (χ4v) is 12.5. The van der Waals surface area contributed by atoms with Crippen LogP contribution in [0.2, 0.25) is 0 Å². The Morgan fingerprint density at radius 1 is 0.606 bits per heavy atom. The summed E-state index contributed by atoms with van der Waals surface area (Å²) in [5.41, 5.74) is 13.4. The Morgan fingerprint density at radius 3 is 2.18 bits per heavy atom. The SMILES string of the molecule is CC1C=Cc2c(n(-c3ccc(C4N=C(c5ccc6ccccc6c5)N=C(c5cccc6c5sc5c(-n7c8c(c9ccccc97)C=CC7C=CC=CC87)cccc56)N4)cc3)c3ccccc23)C1. The van der Waals surface area contributed by atoms with E-state index in [0.717, 1.165) is 40.5 Å². The molecule has 0 amide bonds. The highest BCUT2D eigenvalue weighted by molar-refractivity contribution is 7.26. The van der Waals surface area contributed by atoms with E-state index in [1.54, 1.807) is 0 Å². The number of amidine groups is 2. The summed E-state index contributed by atoms with van der Waals surface area (Å²) in [6.45, 7) is 2.30. The number of allylic oxidation sites excluding steroid dienone is 6. The molecule has 1 aliphatic heterocycles. The topological polar surface area (TPSA) is 46.6 Å².